The fraction of sp³-hybridized carbons (Fsp3) is 0.923. The lowest BCUT2D eigenvalue weighted by atomic mass is 9.93. The predicted molar refractivity (Wildman–Crippen MR) is 68.8 cm³/mol. The molecule has 2 aliphatic heterocycles. The van der Waals surface area contributed by atoms with Crippen LogP contribution in [0.4, 0.5) is 0 Å². The number of carbonyl (C=O) groups excluding carboxylic acids is 1. The first-order valence-corrected chi connectivity index (χ1v) is 6.85. The summed E-state index contributed by atoms with van der Waals surface area (Å²) in [5.41, 5.74) is 0. The van der Waals surface area contributed by atoms with Gasteiger partial charge in [-0.15, -0.1) is 0 Å². The molecule has 4 unspecified atom stereocenters. The average molecular weight is 289 g/mol. The van der Waals surface area contributed by atoms with Crippen LogP contribution < -0.4 is 5.32 Å². The number of amides is 1. The number of fused-ring (bicyclic) bond motifs is 1. The fourth-order valence-electron chi connectivity index (χ4n) is 2.35. The van der Waals surface area contributed by atoms with Crippen molar-refractivity contribution >= 4 is 5.91 Å². The number of aliphatic hydroxyl groups excluding tert-OH is 1. The van der Waals surface area contributed by atoms with Gasteiger partial charge in [-0.1, -0.05) is 6.92 Å². The van der Waals surface area contributed by atoms with Crippen LogP contribution in [0, 0.1) is 0 Å². The summed E-state index contributed by atoms with van der Waals surface area (Å²) in [7, 11) is 1.55. The second-order valence-electron chi connectivity index (χ2n) is 5.37. The number of aliphatic hydroxyl groups is 1. The van der Waals surface area contributed by atoms with E-state index < -0.39 is 30.3 Å². The van der Waals surface area contributed by atoms with Gasteiger partial charge in [0.25, 0.3) is 0 Å². The summed E-state index contributed by atoms with van der Waals surface area (Å²) in [4.78, 5) is 11.3. The molecule has 7 heteroatoms. The van der Waals surface area contributed by atoms with Crippen molar-refractivity contribution in [2.24, 2.45) is 0 Å². The summed E-state index contributed by atoms with van der Waals surface area (Å²) < 4.78 is 22.2. The Hall–Kier alpha value is -0.730. The lowest BCUT2D eigenvalue weighted by Gasteiger charge is -2.50. The first-order valence-electron chi connectivity index (χ1n) is 6.85. The molecule has 0 spiro atoms. The van der Waals surface area contributed by atoms with E-state index >= 15 is 0 Å². The molecule has 0 aliphatic carbocycles. The molecule has 1 amide bonds. The summed E-state index contributed by atoms with van der Waals surface area (Å²) >= 11 is 0. The molecular weight excluding hydrogens is 266 g/mol. The maximum atomic E-state index is 11.3. The van der Waals surface area contributed by atoms with E-state index in [0.29, 0.717) is 13.0 Å². The Labute approximate surface area is 118 Å². The summed E-state index contributed by atoms with van der Waals surface area (Å²) in [6, 6.07) is -0.685. The number of methoxy groups -OCH3 is 1. The lowest BCUT2D eigenvalue weighted by Crippen LogP contribution is -2.70. The number of carbonyl (C=O) groups is 1. The fourth-order valence-corrected chi connectivity index (χ4v) is 2.35. The van der Waals surface area contributed by atoms with E-state index in [2.05, 4.69) is 5.32 Å². The van der Waals surface area contributed by atoms with E-state index in [9.17, 15) is 9.90 Å². The Bertz CT molecular complexity index is 359. The lowest BCUT2D eigenvalue weighted by molar-refractivity contribution is -0.372. The van der Waals surface area contributed by atoms with Crippen LogP contribution in [-0.4, -0.2) is 61.2 Å². The van der Waals surface area contributed by atoms with Crippen LogP contribution in [-0.2, 0) is 23.7 Å². The van der Waals surface area contributed by atoms with Crippen LogP contribution in [0.15, 0.2) is 0 Å². The van der Waals surface area contributed by atoms with Gasteiger partial charge in [0, 0.05) is 14.0 Å². The van der Waals surface area contributed by atoms with Gasteiger partial charge in [-0.25, -0.2) is 0 Å². The zero-order valence-corrected chi connectivity index (χ0v) is 12.3. The van der Waals surface area contributed by atoms with E-state index in [1.54, 1.807) is 14.0 Å². The SMILES string of the molecule is CCC(C)(OC)O[C@@H]1OC2CO[C@@H]2C(O)C1NC(C)=O. The molecule has 20 heavy (non-hydrogen) atoms. The molecule has 6 atom stereocenters. The van der Waals surface area contributed by atoms with Crippen LogP contribution in [0.25, 0.3) is 0 Å². The predicted octanol–water partition coefficient (Wildman–Crippen LogP) is -0.235. The molecule has 0 aromatic rings. The third-order valence-corrected chi connectivity index (χ3v) is 3.94. The zero-order valence-electron chi connectivity index (χ0n) is 12.3. The van der Waals surface area contributed by atoms with Gasteiger partial charge < -0.3 is 29.4 Å². The number of nitrogens with one attached hydrogen (secondary N) is 1. The van der Waals surface area contributed by atoms with Gasteiger partial charge in [-0.3, -0.25) is 4.79 Å². The third kappa shape index (κ3) is 2.96. The molecule has 0 radical (unpaired) electrons. The van der Waals surface area contributed by atoms with E-state index in [0.717, 1.165) is 0 Å². The van der Waals surface area contributed by atoms with Gasteiger partial charge in [0.2, 0.25) is 5.91 Å². The van der Waals surface area contributed by atoms with Crippen molar-refractivity contribution in [3.63, 3.8) is 0 Å². The Kier molecular flexibility index (Phi) is 4.66. The molecule has 2 aliphatic rings. The molecule has 0 aromatic carbocycles. The van der Waals surface area contributed by atoms with Crippen LogP contribution in [0.3, 0.4) is 0 Å². The average Bonchev–Trinajstić information content (AvgIpc) is 2.37. The number of rotatable bonds is 5. The highest BCUT2D eigenvalue weighted by Crippen LogP contribution is 2.33. The minimum absolute atomic E-state index is 0.210. The summed E-state index contributed by atoms with van der Waals surface area (Å²) in [6.07, 6.45) is -1.66. The van der Waals surface area contributed by atoms with Gasteiger partial charge in [-0.05, 0) is 13.3 Å². The van der Waals surface area contributed by atoms with Crippen LogP contribution in [0.1, 0.15) is 27.2 Å². The monoisotopic (exact) mass is 289 g/mol. The summed E-state index contributed by atoms with van der Waals surface area (Å²) in [5.74, 6) is -1.10. The molecule has 2 fully saturated rings. The Morgan fingerprint density at radius 2 is 2.25 bits per heavy atom. The second-order valence-corrected chi connectivity index (χ2v) is 5.37. The van der Waals surface area contributed by atoms with Crippen molar-refractivity contribution < 1.29 is 28.8 Å². The molecular formula is C13H23NO6. The summed E-state index contributed by atoms with van der Waals surface area (Å²) in [6.45, 7) is 5.51. The van der Waals surface area contributed by atoms with Gasteiger partial charge in [-0.2, -0.15) is 0 Å². The van der Waals surface area contributed by atoms with Crippen molar-refractivity contribution in [3.8, 4) is 0 Å². The van der Waals surface area contributed by atoms with Crippen molar-refractivity contribution in [2.45, 2.75) is 63.6 Å². The minimum atomic E-state index is -0.866. The van der Waals surface area contributed by atoms with E-state index in [1.807, 2.05) is 6.92 Å². The molecule has 0 aromatic heterocycles. The molecule has 116 valence electrons. The summed E-state index contributed by atoms with van der Waals surface area (Å²) in [5, 5.41) is 12.9. The Balaban J connectivity index is 2.11. The molecule has 7 nitrogen and oxygen atoms in total. The third-order valence-electron chi connectivity index (χ3n) is 3.94. The van der Waals surface area contributed by atoms with Gasteiger partial charge >= 0.3 is 0 Å². The maximum Gasteiger partial charge on any atom is 0.217 e. The van der Waals surface area contributed by atoms with Gasteiger partial charge in [0.05, 0.1) is 6.61 Å². The smallest absolute Gasteiger partial charge is 0.217 e. The van der Waals surface area contributed by atoms with Gasteiger partial charge in [0.15, 0.2) is 12.1 Å². The highest BCUT2D eigenvalue weighted by atomic mass is 16.8. The minimum Gasteiger partial charge on any atom is -0.388 e. The van der Waals surface area contributed by atoms with Gasteiger partial charge in [0.1, 0.15) is 24.4 Å². The Morgan fingerprint density at radius 3 is 2.70 bits per heavy atom. The van der Waals surface area contributed by atoms with Crippen molar-refractivity contribution in [3.05, 3.63) is 0 Å². The van der Waals surface area contributed by atoms with Crippen LogP contribution in [0.5, 0.6) is 0 Å². The second kappa shape index (κ2) is 5.95. The molecule has 2 N–H and O–H groups in total. The van der Waals surface area contributed by atoms with Crippen LogP contribution in [0.2, 0.25) is 0 Å². The maximum absolute atomic E-state index is 11.3. The van der Waals surface area contributed by atoms with Crippen molar-refractivity contribution in [1.82, 2.24) is 5.32 Å². The standard InChI is InChI=1S/C13H23NO6/c1-5-13(3,17-4)20-12-9(14-7(2)15)10(16)11-8(19-12)6-18-11/h8-12,16H,5-6H2,1-4H3,(H,14,15)/t8?,9?,10?,11-,12-,13?/m0/s1. The van der Waals surface area contributed by atoms with Crippen molar-refractivity contribution in [1.29, 1.82) is 0 Å². The van der Waals surface area contributed by atoms with E-state index in [4.69, 9.17) is 18.9 Å². The number of ether oxygens (including phenoxy) is 4. The van der Waals surface area contributed by atoms with E-state index in [1.165, 1.54) is 6.92 Å². The molecule has 2 heterocycles. The highest BCUT2D eigenvalue weighted by molar-refractivity contribution is 5.73. The Morgan fingerprint density at radius 1 is 1.55 bits per heavy atom. The number of hydrogen-bond donors (Lipinski definition) is 2. The number of hydrogen-bond acceptors (Lipinski definition) is 6. The van der Waals surface area contributed by atoms with Crippen LogP contribution >= 0.6 is 0 Å². The molecule has 2 rings (SSSR count). The highest BCUT2D eigenvalue weighted by Gasteiger charge is 2.52. The zero-order chi connectivity index (χ0) is 14.9. The first kappa shape index (κ1) is 15.7. The largest absolute Gasteiger partial charge is 0.388 e. The van der Waals surface area contributed by atoms with Crippen molar-refractivity contribution in [2.75, 3.05) is 13.7 Å². The molecule has 2 saturated heterocycles. The quantitative estimate of drug-likeness (QED) is 0.680. The molecule has 0 bridgehead atoms. The van der Waals surface area contributed by atoms with E-state index in [-0.39, 0.29) is 12.0 Å². The first-order chi connectivity index (χ1) is 9.40. The molecule has 0 saturated carbocycles. The normalized spacial score (nSPS) is 39.4. The topological polar surface area (TPSA) is 86.2 Å².